The first-order valence-electron chi connectivity index (χ1n) is 4.87. The van der Waals surface area contributed by atoms with Crippen molar-refractivity contribution >= 4 is 5.91 Å². The Morgan fingerprint density at radius 2 is 2.17 bits per heavy atom. The van der Waals surface area contributed by atoms with Crippen LogP contribution in [0.1, 0.15) is 25.7 Å². The summed E-state index contributed by atoms with van der Waals surface area (Å²) in [5, 5.41) is 6.36. The first-order chi connectivity index (χ1) is 5.86. The molecule has 3 heteroatoms. The van der Waals surface area contributed by atoms with Gasteiger partial charge in [-0.1, -0.05) is 0 Å². The maximum Gasteiger partial charge on any atom is 0.223 e. The molecule has 3 nitrogen and oxygen atoms in total. The Morgan fingerprint density at radius 1 is 1.33 bits per heavy atom. The number of carbonyl (C=O) groups is 1. The molecule has 68 valence electrons. The molecular formula is C9H16N2O. The normalized spacial score (nSPS) is 29.8. The molecule has 1 aliphatic carbocycles. The van der Waals surface area contributed by atoms with Crippen molar-refractivity contribution in [2.45, 2.75) is 31.7 Å². The minimum absolute atomic E-state index is 0.281. The number of carbonyl (C=O) groups excluding carboxylic acids is 1. The fraction of sp³-hybridized carbons (Fsp3) is 0.889. The third kappa shape index (κ3) is 1.97. The number of amides is 1. The SMILES string of the molecule is O=C(N[C@H]1CCCNC1)C1CC1. The van der Waals surface area contributed by atoms with Crippen LogP contribution in [0.25, 0.3) is 0 Å². The maximum atomic E-state index is 11.3. The average Bonchev–Trinajstić information content (AvgIpc) is 2.88. The van der Waals surface area contributed by atoms with E-state index in [0.717, 1.165) is 32.4 Å². The molecule has 1 aliphatic heterocycles. The predicted octanol–water partition coefficient (Wildman–Crippen LogP) is 0.265. The lowest BCUT2D eigenvalue weighted by Crippen LogP contribution is -2.46. The van der Waals surface area contributed by atoms with E-state index in [4.69, 9.17) is 0 Å². The topological polar surface area (TPSA) is 41.1 Å². The third-order valence-electron chi connectivity index (χ3n) is 2.59. The highest BCUT2D eigenvalue weighted by Crippen LogP contribution is 2.29. The lowest BCUT2D eigenvalue weighted by molar-refractivity contribution is -0.123. The molecule has 0 aromatic carbocycles. The number of hydrogen-bond donors (Lipinski definition) is 2. The molecule has 2 N–H and O–H groups in total. The van der Waals surface area contributed by atoms with Gasteiger partial charge in [0.15, 0.2) is 0 Å². The van der Waals surface area contributed by atoms with E-state index in [2.05, 4.69) is 10.6 Å². The van der Waals surface area contributed by atoms with Crippen molar-refractivity contribution in [1.82, 2.24) is 10.6 Å². The molecule has 0 unspecified atom stereocenters. The van der Waals surface area contributed by atoms with E-state index in [1.54, 1.807) is 0 Å². The molecule has 0 radical (unpaired) electrons. The van der Waals surface area contributed by atoms with Crippen LogP contribution >= 0.6 is 0 Å². The van der Waals surface area contributed by atoms with E-state index >= 15 is 0 Å². The van der Waals surface area contributed by atoms with E-state index < -0.39 is 0 Å². The average molecular weight is 168 g/mol. The van der Waals surface area contributed by atoms with Gasteiger partial charge in [-0.2, -0.15) is 0 Å². The van der Waals surface area contributed by atoms with Crippen molar-refractivity contribution in [2.24, 2.45) is 5.92 Å². The highest BCUT2D eigenvalue weighted by atomic mass is 16.2. The van der Waals surface area contributed by atoms with Crippen molar-refractivity contribution < 1.29 is 4.79 Å². The van der Waals surface area contributed by atoms with Crippen molar-refractivity contribution in [2.75, 3.05) is 13.1 Å². The van der Waals surface area contributed by atoms with Crippen LogP contribution in [0.5, 0.6) is 0 Å². The van der Waals surface area contributed by atoms with Crippen LogP contribution in [0.15, 0.2) is 0 Å². The molecule has 0 aromatic rings. The Hall–Kier alpha value is -0.570. The minimum atomic E-state index is 0.281. The smallest absolute Gasteiger partial charge is 0.223 e. The van der Waals surface area contributed by atoms with Crippen LogP contribution < -0.4 is 10.6 Å². The highest BCUT2D eigenvalue weighted by Gasteiger charge is 2.30. The Morgan fingerprint density at radius 3 is 2.75 bits per heavy atom. The van der Waals surface area contributed by atoms with Gasteiger partial charge in [-0.3, -0.25) is 4.79 Å². The molecule has 0 bridgehead atoms. The molecule has 2 fully saturated rings. The minimum Gasteiger partial charge on any atom is -0.352 e. The van der Waals surface area contributed by atoms with E-state index in [9.17, 15) is 4.79 Å². The molecule has 1 amide bonds. The van der Waals surface area contributed by atoms with Gasteiger partial charge in [-0.25, -0.2) is 0 Å². The molecule has 12 heavy (non-hydrogen) atoms. The second-order valence-electron chi connectivity index (χ2n) is 3.83. The molecule has 1 heterocycles. The lowest BCUT2D eigenvalue weighted by atomic mass is 10.1. The number of nitrogens with one attached hydrogen (secondary N) is 2. The summed E-state index contributed by atoms with van der Waals surface area (Å²) >= 11 is 0. The van der Waals surface area contributed by atoms with Crippen LogP contribution in [0.2, 0.25) is 0 Å². The molecule has 0 aromatic heterocycles. The molecule has 1 saturated heterocycles. The molecular weight excluding hydrogens is 152 g/mol. The van der Waals surface area contributed by atoms with Gasteiger partial charge in [-0.05, 0) is 32.2 Å². The fourth-order valence-electron chi connectivity index (χ4n) is 1.64. The van der Waals surface area contributed by atoms with Gasteiger partial charge in [0.05, 0.1) is 0 Å². The summed E-state index contributed by atoms with van der Waals surface area (Å²) in [7, 11) is 0. The van der Waals surface area contributed by atoms with Gasteiger partial charge < -0.3 is 10.6 Å². The summed E-state index contributed by atoms with van der Waals surface area (Å²) in [6.45, 7) is 2.06. The van der Waals surface area contributed by atoms with E-state index in [-0.39, 0.29) is 5.91 Å². The van der Waals surface area contributed by atoms with Crippen LogP contribution in [-0.4, -0.2) is 25.0 Å². The number of piperidine rings is 1. The van der Waals surface area contributed by atoms with Crippen molar-refractivity contribution in [3.8, 4) is 0 Å². The van der Waals surface area contributed by atoms with Crippen LogP contribution in [0, 0.1) is 5.92 Å². The fourth-order valence-corrected chi connectivity index (χ4v) is 1.64. The van der Waals surface area contributed by atoms with Gasteiger partial charge in [-0.15, -0.1) is 0 Å². The third-order valence-corrected chi connectivity index (χ3v) is 2.59. The zero-order chi connectivity index (χ0) is 8.39. The van der Waals surface area contributed by atoms with E-state index in [0.29, 0.717) is 12.0 Å². The quantitative estimate of drug-likeness (QED) is 0.621. The van der Waals surface area contributed by atoms with Crippen molar-refractivity contribution in [3.63, 3.8) is 0 Å². The summed E-state index contributed by atoms with van der Waals surface area (Å²) in [6.07, 6.45) is 4.54. The molecule has 2 aliphatic rings. The second kappa shape index (κ2) is 3.44. The summed E-state index contributed by atoms with van der Waals surface area (Å²) in [5.41, 5.74) is 0. The standard InChI is InChI=1S/C9H16N2O/c12-9(7-3-4-7)11-8-2-1-5-10-6-8/h7-8,10H,1-6H2,(H,11,12)/t8-/m0/s1. The first kappa shape index (κ1) is 8.05. The van der Waals surface area contributed by atoms with Crippen molar-refractivity contribution in [3.05, 3.63) is 0 Å². The summed E-state index contributed by atoms with van der Waals surface area (Å²) in [6, 6.07) is 0.395. The van der Waals surface area contributed by atoms with Gasteiger partial charge in [0.2, 0.25) is 5.91 Å². The second-order valence-corrected chi connectivity index (χ2v) is 3.83. The monoisotopic (exact) mass is 168 g/mol. The van der Waals surface area contributed by atoms with Gasteiger partial charge in [0.25, 0.3) is 0 Å². The summed E-state index contributed by atoms with van der Waals surface area (Å²) < 4.78 is 0. The van der Waals surface area contributed by atoms with Crippen molar-refractivity contribution in [1.29, 1.82) is 0 Å². The largest absolute Gasteiger partial charge is 0.352 e. The van der Waals surface area contributed by atoms with E-state index in [1.807, 2.05) is 0 Å². The Bertz CT molecular complexity index is 171. The molecule has 1 saturated carbocycles. The Kier molecular flexibility index (Phi) is 2.30. The highest BCUT2D eigenvalue weighted by molar-refractivity contribution is 5.81. The maximum absolute atomic E-state index is 11.3. The Labute approximate surface area is 72.9 Å². The van der Waals surface area contributed by atoms with Crippen LogP contribution in [0.3, 0.4) is 0 Å². The molecule has 2 rings (SSSR count). The first-order valence-corrected chi connectivity index (χ1v) is 4.87. The van der Waals surface area contributed by atoms with Gasteiger partial charge in [0.1, 0.15) is 0 Å². The van der Waals surface area contributed by atoms with Crippen LogP contribution in [-0.2, 0) is 4.79 Å². The Balaban J connectivity index is 1.73. The summed E-state index contributed by atoms with van der Waals surface area (Å²) in [5.74, 6) is 0.635. The zero-order valence-corrected chi connectivity index (χ0v) is 7.31. The summed E-state index contributed by atoms with van der Waals surface area (Å²) in [4.78, 5) is 11.3. The zero-order valence-electron chi connectivity index (χ0n) is 7.31. The molecule has 0 spiro atoms. The lowest BCUT2D eigenvalue weighted by Gasteiger charge is -2.23. The predicted molar refractivity (Wildman–Crippen MR) is 46.8 cm³/mol. The van der Waals surface area contributed by atoms with Crippen LogP contribution in [0.4, 0.5) is 0 Å². The van der Waals surface area contributed by atoms with Gasteiger partial charge >= 0.3 is 0 Å². The van der Waals surface area contributed by atoms with E-state index in [1.165, 1.54) is 6.42 Å². The molecule has 1 atom stereocenters. The van der Waals surface area contributed by atoms with Gasteiger partial charge in [0, 0.05) is 18.5 Å². The number of rotatable bonds is 2. The number of hydrogen-bond acceptors (Lipinski definition) is 2.